The van der Waals surface area contributed by atoms with Crippen LogP contribution in [0.2, 0.25) is 0 Å². The quantitative estimate of drug-likeness (QED) is 0.567. The summed E-state index contributed by atoms with van der Waals surface area (Å²) in [6.45, 7) is 8.39. The van der Waals surface area contributed by atoms with Crippen LogP contribution in [-0.4, -0.2) is 39.3 Å². The zero-order valence-electron chi connectivity index (χ0n) is 12.4. The normalized spacial score (nSPS) is 20.2. The number of nitrogens with one attached hydrogen (secondary N) is 4. The van der Waals surface area contributed by atoms with Crippen molar-refractivity contribution in [3.63, 3.8) is 0 Å². The lowest BCUT2D eigenvalue weighted by Gasteiger charge is -2.08. The summed E-state index contributed by atoms with van der Waals surface area (Å²) in [5.41, 5.74) is 2.76. The highest BCUT2D eigenvalue weighted by atomic mass is 14.9. The van der Waals surface area contributed by atoms with Crippen molar-refractivity contribution < 1.29 is 0 Å². The number of rotatable bonds is 0. The second-order valence-corrected chi connectivity index (χ2v) is 5.38. The molecule has 1 aliphatic heterocycles. The highest BCUT2D eigenvalue weighted by molar-refractivity contribution is 5.23. The third-order valence-corrected chi connectivity index (χ3v) is 3.54. The Hall–Kier alpha value is -0.940. The van der Waals surface area contributed by atoms with Crippen molar-refractivity contribution in [2.45, 2.75) is 25.9 Å². The summed E-state index contributed by atoms with van der Waals surface area (Å²) < 4.78 is 0. The molecule has 0 aromatic heterocycles. The molecule has 1 heterocycles. The average molecular weight is 276 g/mol. The van der Waals surface area contributed by atoms with Crippen LogP contribution in [0.15, 0.2) is 24.3 Å². The highest BCUT2D eigenvalue weighted by Gasteiger charge is 1.97. The lowest BCUT2D eigenvalue weighted by molar-refractivity contribution is 0.558. The van der Waals surface area contributed by atoms with Crippen LogP contribution in [0.5, 0.6) is 0 Å². The van der Waals surface area contributed by atoms with Gasteiger partial charge in [0.15, 0.2) is 0 Å². The van der Waals surface area contributed by atoms with Gasteiger partial charge in [0.25, 0.3) is 0 Å². The van der Waals surface area contributed by atoms with Gasteiger partial charge in [-0.2, -0.15) is 0 Å². The molecular weight excluding hydrogens is 248 g/mol. The van der Waals surface area contributed by atoms with E-state index < -0.39 is 0 Å². The topological polar surface area (TPSA) is 48.1 Å². The maximum Gasteiger partial charge on any atom is 0.0205 e. The van der Waals surface area contributed by atoms with Crippen LogP contribution in [0.25, 0.3) is 0 Å². The van der Waals surface area contributed by atoms with Gasteiger partial charge >= 0.3 is 0 Å². The van der Waals surface area contributed by atoms with Crippen LogP contribution < -0.4 is 21.3 Å². The molecule has 4 heteroatoms. The van der Waals surface area contributed by atoms with Crippen molar-refractivity contribution in [2.75, 3.05) is 39.3 Å². The first-order valence-electron chi connectivity index (χ1n) is 7.86. The van der Waals surface area contributed by atoms with E-state index in [-0.39, 0.29) is 0 Å². The first-order valence-corrected chi connectivity index (χ1v) is 7.86. The lowest BCUT2D eigenvalue weighted by Crippen LogP contribution is -2.30. The van der Waals surface area contributed by atoms with Gasteiger partial charge in [-0.15, -0.1) is 0 Å². The first-order chi connectivity index (χ1) is 9.95. The molecule has 1 aliphatic rings. The van der Waals surface area contributed by atoms with E-state index in [1.165, 1.54) is 24.0 Å². The van der Waals surface area contributed by atoms with Crippen molar-refractivity contribution >= 4 is 0 Å². The minimum Gasteiger partial charge on any atom is -0.315 e. The minimum atomic E-state index is 0.968. The molecule has 0 atom stereocenters. The van der Waals surface area contributed by atoms with E-state index in [4.69, 9.17) is 0 Å². The fourth-order valence-corrected chi connectivity index (χ4v) is 2.42. The number of hydrogen-bond donors (Lipinski definition) is 4. The van der Waals surface area contributed by atoms with Gasteiger partial charge in [-0.05, 0) is 50.1 Å². The summed E-state index contributed by atoms with van der Waals surface area (Å²) >= 11 is 0. The van der Waals surface area contributed by atoms with E-state index in [9.17, 15) is 0 Å². The molecule has 0 radical (unpaired) electrons. The van der Waals surface area contributed by atoms with E-state index in [1.807, 2.05) is 0 Å². The Bertz CT molecular complexity index is 336. The Balaban J connectivity index is 1.81. The van der Waals surface area contributed by atoms with Gasteiger partial charge in [0.05, 0.1) is 0 Å². The molecule has 4 nitrogen and oxygen atoms in total. The van der Waals surface area contributed by atoms with Gasteiger partial charge in [0.1, 0.15) is 0 Å². The summed E-state index contributed by atoms with van der Waals surface area (Å²) in [4.78, 5) is 0. The van der Waals surface area contributed by atoms with E-state index in [0.717, 1.165) is 52.4 Å². The van der Waals surface area contributed by atoms with E-state index in [1.54, 1.807) is 0 Å². The standard InChI is InChI=1S/C16H28N4/c1-4-15-12-16(5-1)14-20-9-3-7-18-11-10-17-6-2-8-19-13-15/h1,4-5,12,17-20H,2-3,6-11,13-14H2. The average Bonchev–Trinajstić information content (AvgIpc) is 2.47. The molecule has 1 aromatic carbocycles. The molecule has 0 saturated heterocycles. The molecule has 2 rings (SSSR count). The summed E-state index contributed by atoms with van der Waals surface area (Å²) in [5, 5.41) is 14.0. The number of hydrogen-bond acceptors (Lipinski definition) is 4. The Morgan fingerprint density at radius 3 is 1.65 bits per heavy atom. The van der Waals surface area contributed by atoms with Gasteiger partial charge in [0.2, 0.25) is 0 Å². The van der Waals surface area contributed by atoms with Crippen LogP contribution in [0.1, 0.15) is 24.0 Å². The van der Waals surface area contributed by atoms with E-state index in [2.05, 4.69) is 45.5 Å². The Kier molecular flexibility index (Phi) is 7.64. The maximum absolute atomic E-state index is 3.51. The molecule has 0 fully saturated rings. The van der Waals surface area contributed by atoms with Crippen LogP contribution in [0.4, 0.5) is 0 Å². The fraction of sp³-hybridized carbons (Fsp3) is 0.625. The molecule has 0 aliphatic carbocycles. The van der Waals surface area contributed by atoms with Gasteiger partial charge in [-0.3, -0.25) is 0 Å². The predicted molar refractivity (Wildman–Crippen MR) is 84.8 cm³/mol. The second-order valence-electron chi connectivity index (χ2n) is 5.38. The first kappa shape index (κ1) is 15.4. The molecule has 4 N–H and O–H groups in total. The van der Waals surface area contributed by atoms with Crippen LogP contribution in [-0.2, 0) is 13.1 Å². The van der Waals surface area contributed by atoms with E-state index >= 15 is 0 Å². The maximum atomic E-state index is 3.51. The molecule has 112 valence electrons. The van der Waals surface area contributed by atoms with Crippen molar-refractivity contribution in [1.82, 2.24) is 21.3 Å². The summed E-state index contributed by atoms with van der Waals surface area (Å²) in [5.74, 6) is 0. The Labute approximate surface area is 122 Å². The number of fused-ring (bicyclic) bond motifs is 2. The fourth-order valence-electron chi connectivity index (χ4n) is 2.42. The van der Waals surface area contributed by atoms with E-state index in [0.29, 0.717) is 0 Å². The zero-order chi connectivity index (χ0) is 13.9. The SMILES string of the molecule is c1cc2cc(c1)CNCCCNCCNCCCNC2. The highest BCUT2D eigenvalue weighted by Crippen LogP contribution is 2.05. The van der Waals surface area contributed by atoms with Crippen molar-refractivity contribution in [2.24, 2.45) is 0 Å². The zero-order valence-corrected chi connectivity index (χ0v) is 12.4. The number of benzene rings is 1. The van der Waals surface area contributed by atoms with Gasteiger partial charge in [-0.1, -0.05) is 24.3 Å². The van der Waals surface area contributed by atoms with Crippen molar-refractivity contribution in [3.05, 3.63) is 35.4 Å². The molecular formula is C16H28N4. The van der Waals surface area contributed by atoms with Crippen molar-refractivity contribution in [3.8, 4) is 0 Å². The smallest absolute Gasteiger partial charge is 0.0205 e. The molecule has 0 spiro atoms. The van der Waals surface area contributed by atoms with Gasteiger partial charge < -0.3 is 21.3 Å². The third-order valence-electron chi connectivity index (χ3n) is 3.54. The Morgan fingerprint density at radius 1 is 0.600 bits per heavy atom. The van der Waals surface area contributed by atoms with Crippen LogP contribution in [0.3, 0.4) is 0 Å². The third kappa shape index (κ3) is 6.48. The molecule has 0 unspecified atom stereocenters. The second kappa shape index (κ2) is 9.88. The molecule has 20 heavy (non-hydrogen) atoms. The van der Waals surface area contributed by atoms with Crippen LogP contribution >= 0.6 is 0 Å². The van der Waals surface area contributed by atoms with Gasteiger partial charge in [0, 0.05) is 26.2 Å². The molecule has 0 amide bonds. The molecule has 2 bridgehead atoms. The minimum absolute atomic E-state index is 0.968. The summed E-state index contributed by atoms with van der Waals surface area (Å²) in [6, 6.07) is 8.86. The predicted octanol–water partition coefficient (Wildman–Crippen LogP) is 0.839. The van der Waals surface area contributed by atoms with Crippen LogP contribution in [0, 0.1) is 0 Å². The molecule has 1 aromatic rings. The molecule has 0 saturated carbocycles. The lowest BCUT2D eigenvalue weighted by atomic mass is 10.1. The monoisotopic (exact) mass is 276 g/mol. The summed E-state index contributed by atoms with van der Waals surface area (Å²) in [6.07, 6.45) is 2.36. The Morgan fingerprint density at radius 2 is 1.10 bits per heavy atom. The van der Waals surface area contributed by atoms with Gasteiger partial charge in [-0.25, -0.2) is 0 Å². The van der Waals surface area contributed by atoms with Crippen molar-refractivity contribution in [1.29, 1.82) is 0 Å². The summed E-state index contributed by atoms with van der Waals surface area (Å²) in [7, 11) is 0. The largest absolute Gasteiger partial charge is 0.315 e.